The van der Waals surface area contributed by atoms with Gasteiger partial charge >= 0.3 is 6.01 Å². The van der Waals surface area contributed by atoms with Gasteiger partial charge in [0, 0.05) is 11.1 Å². The first-order valence-corrected chi connectivity index (χ1v) is 13.0. The normalized spacial score (nSPS) is 17.7. The average molecular weight is 526 g/mol. The Morgan fingerprint density at radius 3 is 2.53 bits per heavy atom. The fraction of sp³-hybridized carbons (Fsp3) is 0.500. The molecule has 0 amide bonds. The van der Waals surface area contributed by atoms with Crippen LogP contribution in [0.25, 0.3) is 11.0 Å². The third kappa shape index (κ3) is 5.06. The highest BCUT2D eigenvalue weighted by atomic mass is 19.3. The van der Waals surface area contributed by atoms with E-state index in [9.17, 15) is 18.4 Å². The Hall–Kier alpha value is -3.61. The van der Waals surface area contributed by atoms with E-state index in [-0.39, 0.29) is 11.6 Å². The third-order valence-electron chi connectivity index (χ3n) is 7.59. The Kier molecular flexibility index (Phi) is 7.28. The van der Waals surface area contributed by atoms with E-state index in [1.54, 1.807) is 13.0 Å². The number of fused-ring (bicyclic) bond motifs is 1. The van der Waals surface area contributed by atoms with Gasteiger partial charge in [-0.05, 0) is 44.6 Å². The number of halogens is 3. The SMILES string of the molecule is COc1nc2nc(OCC3CCCCC3)nc(N[C@H](C)c3cccc(C(F)F)c3F)c2cc1C1(C#N)CC1. The molecule has 1 N–H and O–H groups in total. The molecule has 7 nitrogen and oxygen atoms in total. The molecule has 2 fully saturated rings. The number of rotatable bonds is 9. The van der Waals surface area contributed by atoms with Crippen LogP contribution < -0.4 is 14.8 Å². The predicted molar refractivity (Wildman–Crippen MR) is 136 cm³/mol. The van der Waals surface area contributed by atoms with Crippen molar-refractivity contribution < 1.29 is 22.6 Å². The van der Waals surface area contributed by atoms with Crippen molar-refractivity contribution in [3.8, 4) is 18.0 Å². The third-order valence-corrected chi connectivity index (χ3v) is 7.59. The largest absolute Gasteiger partial charge is 0.481 e. The van der Waals surface area contributed by atoms with Gasteiger partial charge in [-0.15, -0.1) is 0 Å². The summed E-state index contributed by atoms with van der Waals surface area (Å²) < 4.78 is 53.1. The summed E-state index contributed by atoms with van der Waals surface area (Å²) in [6, 6.07) is 7.49. The van der Waals surface area contributed by atoms with Crippen molar-refractivity contribution in [3.05, 3.63) is 46.8 Å². The summed E-state index contributed by atoms with van der Waals surface area (Å²) in [4.78, 5) is 13.7. The number of ether oxygens (including phenoxy) is 2. The van der Waals surface area contributed by atoms with Crippen LogP contribution in [0.15, 0.2) is 24.3 Å². The zero-order chi connectivity index (χ0) is 26.9. The van der Waals surface area contributed by atoms with Gasteiger partial charge in [-0.3, -0.25) is 0 Å². The highest BCUT2D eigenvalue weighted by molar-refractivity contribution is 5.88. The van der Waals surface area contributed by atoms with Crippen LogP contribution in [0.3, 0.4) is 0 Å². The molecule has 0 saturated heterocycles. The topological polar surface area (TPSA) is 93.0 Å². The van der Waals surface area contributed by atoms with Gasteiger partial charge in [0.05, 0.1) is 42.2 Å². The molecule has 1 atom stereocenters. The summed E-state index contributed by atoms with van der Waals surface area (Å²) in [5, 5.41) is 13.5. The zero-order valence-electron chi connectivity index (χ0n) is 21.4. The smallest absolute Gasteiger partial charge is 0.320 e. The molecule has 10 heteroatoms. The van der Waals surface area contributed by atoms with E-state index in [4.69, 9.17) is 9.47 Å². The first kappa shape index (κ1) is 26.0. The van der Waals surface area contributed by atoms with Gasteiger partial charge in [0.2, 0.25) is 5.88 Å². The summed E-state index contributed by atoms with van der Waals surface area (Å²) in [6.45, 7) is 2.14. The highest BCUT2D eigenvalue weighted by Crippen LogP contribution is 2.51. The number of benzene rings is 1. The van der Waals surface area contributed by atoms with Gasteiger partial charge < -0.3 is 14.8 Å². The average Bonchev–Trinajstić information content (AvgIpc) is 3.73. The first-order chi connectivity index (χ1) is 18.3. The maximum atomic E-state index is 14.9. The molecule has 38 heavy (non-hydrogen) atoms. The fourth-order valence-electron chi connectivity index (χ4n) is 5.16. The number of nitrogens with one attached hydrogen (secondary N) is 1. The number of pyridine rings is 1. The molecule has 2 aliphatic rings. The maximum Gasteiger partial charge on any atom is 0.320 e. The van der Waals surface area contributed by atoms with Crippen LogP contribution in [0.1, 0.15) is 81.0 Å². The van der Waals surface area contributed by atoms with Crippen LogP contribution in [-0.4, -0.2) is 28.7 Å². The van der Waals surface area contributed by atoms with Crippen molar-refractivity contribution in [3.63, 3.8) is 0 Å². The Morgan fingerprint density at radius 2 is 1.87 bits per heavy atom. The number of hydrogen-bond acceptors (Lipinski definition) is 7. The fourth-order valence-corrected chi connectivity index (χ4v) is 5.16. The van der Waals surface area contributed by atoms with Gasteiger partial charge in [-0.2, -0.15) is 20.2 Å². The van der Waals surface area contributed by atoms with Crippen LogP contribution in [0.5, 0.6) is 11.9 Å². The lowest BCUT2D eigenvalue weighted by atomic mass is 9.90. The molecule has 2 aromatic heterocycles. The van der Waals surface area contributed by atoms with Gasteiger partial charge in [0.15, 0.2) is 5.65 Å². The minimum absolute atomic E-state index is 0.0802. The summed E-state index contributed by atoms with van der Waals surface area (Å²) in [5.41, 5.74) is -0.334. The van der Waals surface area contributed by atoms with Crippen LogP contribution in [0, 0.1) is 23.1 Å². The molecule has 0 radical (unpaired) electrons. The van der Waals surface area contributed by atoms with E-state index >= 15 is 0 Å². The number of aromatic nitrogens is 3. The van der Waals surface area contributed by atoms with Crippen LogP contribution in [0.2, 0.25) is 0 Å². The summed E-state index contributed by atoms with van der Waals surface area (Å²) in [5.74, 6) is 0.0765. The Morgan fingerprint density at radius 1 is 1.13 bits per heavy atom. The number of alkyl halides is 2. The summed E-state index contributed by atoms with van der Waals surface area (Å²) in [6.07, 6.45) is 4.17. The molecular formula is C28H30F3N5O2. The molecule has 200 valence electrons. The Labute approximate surface area is 219 Å². The molecule has 2 aliphatic carbocycles. The second kappa shape index (κ2) is 10.6. The number of nitrogens with zero attached hydrogens (tertiary/aromatic N) is 4. The number of methoxy groups -OCH3 is 1. The monoisotopic (exact) mass is 525 g/mol. The number of anilines is 1. The van der Waals surface area contributed by atoms with Crippen molar-refractivity contribution in [1.29, 1.82) is 5.26 Å². The summed E-state index contributed by atoms with van der Waals surface area (Å²) >= 11 is 0. The molecule has 2 heterocycles. The van der Waals surface area contributed by atoms with Crippen molar-refractivity contribution in [1.82, 2.24) is 15.0 Å². The lowest BCUT2D eigenvalue weighted by Crippen LogP contribution is -2.17. The minimum Gasteiger partial charge on any atom is -0.481 e. The van der Waals surface area contributed by atoms with E-state index in [0.717, 1.165) is 18.9 Å². The first-order valence-electron chi connectivity index (χ1n) is 13.0. The van der Waals surface area contributed by atoms with Crippen LogP contribution in [0.4, 0.5) is 19.0 Å². The Bertz CT molecular complexity index is 1370. The van der Waals surface area contributed by atoms with E-state index in [1.165, 1.54) is 38.5 Å². The van der Waals surface area contributed by atoms with Crippen molar-refractivity contribution in [2.24, 2.45) is 5.92 Å². The molecule has 5 rings (SSSR count). The maximum absolute atomic E-state index is 14.9. The van der Waals surface area contributed by atoms with Crippen LogP contribution in [-0.2, 0) is 5.41 Å². The standard InChI is InChI=1S/C28H30F3N5O2/c1-16(18-9-6-10-19(22(18)29)23(30)31)33-24-20-13-21(28(15-32)11-12-28)26(37-2)34-25(20)36-27(35-24)38-14-17-7-4-3-5-8-17/h6,9-10,13,16-17,23H,3-5,7-8,11-12,14H2,1-2H3,(H,33,34,35,36)/t16-/m1/s1. The Balaban J connectivity index is 1.55. The lowest BCUT2D eigenvalue weighted by molar-refractivity contribution is 0.146. The van der Waals surface area contributed by atoms with Crippen molar-refractivity contribution in [2.45, 2.75) is 69.8 Å². The molecule has 0 aliphatic heterocycles. The quantitative estimate of drug-likeness (QED) is 0.328. The minimum atomic E-state index is -2.93. The van der Waals surface area contributed by atoms with Crippen molar-refractivity contribution in [2.75, 3.05) is 19.0 Å². The van der Waals surface area contributed by atoms with E-state index in [2.05, 4.69) is 26.3 Å². The lowest BCUT2D eigenvalue weighted by Gasteiger charge is -2.22. The molecule has 2 saturated carbocycles. The molecule has 3 aromatic rings. The van der Waals surface area contributed by atoms with E-state index in [1.807, 2.05) is 0 Å². The van der Waals surface area contributed by atoms with E-state index < -0.39 is 29.3 Å². The predicted octanol–water partition coefficient (Wildman–Crippen LogP) is 6.80. The zero-order valence-corrected chi connectivity index (χ0v) is 21.4. The molecule has 0 unspecified atom stereocenters. The van der Waals surface area contributed by atoms with Gasteiger partial charge in [0.25, 0.3) is 6.43 Å². The number of nitriles is 1. The second-order valence-corrected chi connectivity index (χ2v) is 10.2. The molecule has 1 aromatic carbocycles. The second-order valence-electron chi connectivity index (χ2n) is 10.2. The molecule has 0 spiro atoms. The van der Waals surface area contributed by atoms with Crippen LogP contribution >= 0.6 is 0 Å². The molecular weight excluding hydrogens is 495 g/mol. The van der Waals surface area contributed by atoms with Gasteiger partial charge in [0.1, 0.15) is 11.6 Å². The van der Waals surface area contributed by atoms with E-state index in [0.29, 0.717) is 53.7 Å². The van der Waals surface area contributed by atoms with Crippen molar-refractivity contribution >= 4 is 16.9 Å². The van der Waals surface area contributed by atoms with Gasteiger partial charge in [-0.1, -0.05) is 37.5 Å². The summed E-state index contributed by atoms with van der Waals surface area (Å²) in [7, 11) is 1.49. The van der Waals surface area contributed by atoms with Gasteiger partial charge in [-0.25, -0.2) is 13.2 Å². The molecule has 0 bridgehead atoms. The number of hydrogen-bond donors (Lipinski definition) is 1. The highest BCUT2D eigenvalue weighted by Gasteiger charge is 2.47.